The third kappa shape index (κ3) is 19.7. The van der Waals surface area contributed by atoms with Crippen molar-refractivity contribution in [2.75, 3.05) is 6.54 Å². The van der Waals surface area contributed by atoms with Crippen LogP contribution in [0.1, 0.15) is 109 Å². The van der Waals surface area contributed by atoms with Gasteiger partial charge in [0.15, 0.2) is 0 Å². The van der Waals surface area contributed by atoms with E-state index in [2.05, 4.69) is 6.58 Å². The minimum absolute atomic E-state index is 0.870. The molecule has 0 fully saturated rings. The first-order chi connectivity index (χ1) is 10.4. The van der Waals surface area contributed by atoms with E-state index in [9.17, 15) is 0 Å². The van der Waals surface area contributed by atoms with Gasteiger partial charge in [-0.2, -0.15) is 0 Å². The highest BCUT2D eigenvalue weighted by Crippen LogP contribution is 2.13. The fourth-order valence-corrected chi connectivity index (χ4v) is 2.91. The largest absolute Gasteiger partial charge is 0.330 e. The van der Waals surface area contributed by atoms with E-state index in [4.69, 9.17) is 5.73 Å². The van der Waals surface area contributed by atoms with Crippen LogP contribution in [0.4, 0.5) is 0 Å². The molecule has 0 spiro atoms. The summed E-state index contributed by atoms with van der Waals surface area (Å²) in [6.45, 7) is 4.64. The van der Waals surface area contributed by atoms with Gasteiger partial charge in [-0.1, -0.05) is 96.0 Å². The topological polar surface area (TPSA) is 26.0 Å². The van der Waals surface area contributed by atoms with Gasteiger partial charge >= 0.3 is 0 Å². The lowest BCUT2D eigenvalue weighted by Gasteiger charge is -2.03. The van der Waals surface area contributed by atoms with Gasteiger partial charge < -0.3 is 5.73 Å². The molecule has 0 bridgehead atoms. The maximum atomic E-state index is 5.49. The lowest BCUT2D eigenvalue weighted by Crippen LogP contribution is -1.97. The average molecular weight is 296 g/mol. The molecule has 0 saturated carbocycles. The zero-order chi connectivity index (χ0) is 15.4. The Labute approximate surface area is 134 Å². The summed E-state index contributed by atoms with van der Waals surface area (Å²) in [6.07, 6.45) is 25.9. The molecule has 0 aromatic heterocycles. The smallest absolute Gasteiger partial charge is 0.00773 e. The quantitative estimate of drug-likeness (QED) is 0.219. The Balaban J connectivity index is 2.91. The summed E-state index contributed by atoms with van der Waals surface area (Å²) in [7, 11) is 0. The number of hydrogen-bond acceptors (Lipinski definition) is 1. The highest BCUT2D eigenvalue weighted by atomic mass is 14.5. The predicted molar refractivity (Wildman–Crippen MR) is 97.7 cm³/mol. The molecule has 0 atom stereocenters. The van der Waals surface area contributed by atoms with Crippen molar-refractivity contribution in [1.29, 1.82) is 0 Å². The second-order valence-corrected chi connectivity index (χ2v) is 6.52. The van der Waals surface area contributed by atoms with Crippen molar-refractivity contribution in [3.8, 4) is 0 Å². The van der Waals surface area contributed by atoms with E-state index in [1.165, 1.54) is 109 Å². The molecular formula is C20H41N. The van der Waals surface area contributed by atoms with Crippen molar-refractivity contribution in [2.45, 2.75) is 109 Å². The van der Waals surface area contributed by atoms with Gasteiger partial charge in [0.25, 0.3) is 0 Å². The van der Waals surface area contributed by atoms with E-state index in [0.717, 1.165) is 6.54 Å². The van der Waals surface area contributed by atoms with Crippen LogP contribution < -0.4 is 5.73 Å². The summed E-state index contributed by atoms with van der Waals surface area (Å²) in [5.74, 6) is 0. The van der Waals surface area contributed by atoms with Gasteiger partial charge in [-0.05, 0) is 25.8 Å². The molecule has 21 heavy (non-hydrogen) atoms. The molecule has 0 aliphatic rings. The second-order valence-electron chi connectivity index (χ2n) is 6.52. The summed E-state index contributed by atoms with van der Waals surface area (Å²) in [4.78, 5) is 0. The number of unbranched alkanes of at least 4 members (excludes halogenated alkanes) is 16. The molecule has 0 rings (SSSR count). The van der Waals surface area contributed by atoms with E-state index < -0.39 is 0 Å². The SMILES string of the molecule is C=CCCCCCCCCCCCCCCCCCCN. The number of rotatable bonds is 18. The van der Waals surface area contributed by atoms with Crippen LogP contribution in [-0.4, -0.2) is 6.54 Å². The lowest BCUT2D eigenvalue weighted by molar-refractivity contribution is 0.529. The second kappa shape index (κ2) is 19.7. The van der Waals surface area contributed by atoms with Crippen molar-refractivity contribution in [3.05, 3.63) is 12.7 Å². The molecule has 1 heteroatoms. The predicted octanol–water partition coefficient (Wildman–Crippen LogP) is 6.76. The summed E-state index contributed by atoms with van der Waals surface area (Å²) < 4.78 is 0. The molecular weight excluding hydrogens is 254 g/mol. The van der Waals surface area contributed by atoms with Crippen LogP contribution >= 0.6 is 0 Å². The maximum Gasteiger partial charge on any atom is -0.00773 e. The number of nitrogens with two attached hydrogens (primary N) is 1. The maximum absolute atomic E-state index is 5.49. The van der Waals surface area contributed by atoms with Gasteiger partial charge in [-0.15, -0.1) is 6.58 Å². The Morgan fingerprint density at radius 3 is 1.05 bits per heavy atom. The van der Waals surface area contributed by atoms with Crippen molar-refractivity contribution in [2.24, 2.45) is 5.73 Å². The van der Waals surface area contributed by atoms with E-state index in [1.807, 2.05) is 6.08 Å². The summed E-state index contributed by atoms with van der Waals surface area (Å²) in [5, 5.41) is 0. The van der Waals surface area contributed by atoms with Gasteiger partial charge in [0.05, 0.1) is 0 Å². The molecule has 0 unspecified atom stereocenters. The summed E-state index contributed by atoms with van der Waals surface area (Å²) in [5.41, 5.74) is 5.49. The number of hydrogen-bond donors (Lipinski definition) is 1. The zero-order valence-corrected chi connectivity index (χ0v) is 14.6. The van der Waals surface area contributed by atoms with Crippen LogP contribution in [0, 0.1) is 0 Å². The fourth-order valence-electron chi connectivity index (χ4n) is 2.91. The molecule has 0 saturated heterocycles. The third-order valence-corrected chi connectivity index (χ3v) is 4.36. The van der Waals surface area contributed by atoms with E-state index in [-0.39, 0.29) is 0 Å². The van der Waals surface area contributed by atoms with E-state index in [1.54, 1.807) is 0 Å². The van der Waals surface area contributed by atoms with Gasteiger partial charge in [-0.25, -0.2) is 0 Å². The zero-order valence-electron chi connectivity index (χ0n) is 14.6. The lowest BCUT2D eigenvalue weighted by atomic mass is 10.0. The van der Waals surface area contributed by atoms with E-state index in [0.29, 0.717) is 0 Å². The van der Waals surface area contributed by atoms with Crippen LogP contribution in [0.15, 0.2) is 12.7 Å². The van der Waals surface area contributed by atoms with Crippen LogP contribution in [0.3, 0.4) is 0 Å². The fraction of sp³-hybridized carbons (Fsp3) is 0.900. The molecule has 0 aliphatic heterocycles. The molecule has 0 aliphatic carbocycles. The molecule has 126 valence electrons. The van der Waals surface area contributed by atoms with Crippen LogP contribution in [0.2, 0.25) is 0 Å². The normalized spacial score (nSPS) is 10.9. The van der Waals surface area contributed by atoms with Crippen molar-refractivity contribution in [1.82, 2.24) is 0 Å². The highest BCUT2D eigenvalue weighted by Gasteiger charge is 1.94. The Kier molecular flexibility index (Phi) is 19.4. The van der Waals surface area contributed by atoms with Gasteiger partial charge in [0.1, 0.15) is 0 Å². The Hall–Kier alpha value is -0.300. The average Bonchev–Trinajstić information content (AvgIpc) is 2.50. The molecule has 1 nitrogen and oxygen atoms in total. The van der Waals surface area contributed by atoms with Crippen molar-refractivity contribution >= 4 is 0 Å². The van der Waals surface area contributed by atoms with Crippen LogP contribution in [0.25, 0.3) is 0 Å². The third-order valence-electron chi connectivity index (χ3n) is 4.36. The minimum Gasteiger partial charge on any atom is -0.330 e. The number of allylic oxidation sites excluding steroid dienone is 1. The molecule has 0 aromatic carbocycles. The van der Waals surface area contributed by atoms with Crippen molar-refractivity contribution < 1.29 is 0 Å². The first kappa shape index (κ1) is 20.7. The molecule has 0 aromatic rings. The first-order valence-electron chi connectivity index (χ1n) is 9.72. The standard InChI is InChI=1S/C20H41N/c1-2-3-4-5-6-7-8-9-10-11-12-13-14-15-16-17-18-19-20-21/h2H,1,3-21H2. The van der Waals surface area contributed by atoms with Gasteiger partial charge in [0, 0.05) is 0 Å². The van der Waals surface area contributed by atoms with Gasteiger partial charge in [0.2, 0.25) is 0 Å². The van der Waals surface area contributed by atoms with Crippen LogP contribution in [-0.2, 0) is 0 Å². The highest BCUT2D eigenvalue weighted by molar-refractivity contribution is 4.65. The summed E-state index contributed by atoms with van der Waals surface area (Å²) in [6, 6.07) is 0. The van der Waals surface area contributed by atoms with Crippen molar-refractivity contribution in [3.63, 3.8) is 0 Å². The van der Waals surface area contributed by atoms with Gasteiger partial charge in [-0.3, -0.25) is 0 Å². The minimum atomic E-state index is 0.870. The molecule has 0 amide bonds. The molecule has 0 radical (unpaired) electrons. The summed E-state index contributed by atoms with van der Waals surface area (Å²) >= 11 is 0. The Bertz CT molecular complexity index is 188. The molecule has 2 N–H and O–H groups in total. The molecule has 0 heterocycles. The monoisotopic (exact) mass is 295 g/mol. The first-order valence-corrected chi connectivity index (χ1v) is 9.72. The Morgan fingerprint density at radius 1 is 0.476 bits per heavy atom. The Morgan fingerprint density at radius 2 is 0.762 bits per heavy atom. The van der Waals surface area contributed by atoms with Crippen LogP contribution in [0.5, 0.6) is 0 Å². The van der Waals surface area contributed by atoms with E-state index >= 15 is 0 Å².